The third kappa shape index (κ3) is 4.05. The predicted molar refractivity (Wildman–Crippen MR) is 80.4 cm³/mol. The molecule has 0 aromatic heterocycles. The van der Waals surface area contributed by atoms with E-state index in [-0.39, 0.29) is 0 Å². The highest BCUT2D eigenvalue weighted by molar-refractivity contribution is 5.95. The fourth-order valence-electron chi connectivity index (χ4n) is 1.91. The van der Waals surface area contributed by atoms with Crippen LogP contribution in [0.1, 0.15) is 28.9 Å². The van der Waals surface area contributed by atoms with Crippen molar-refractivity contribution in [3.05, 3.63) is 71.5 Å². The summed E-state index contributed by atoms with van der Waals surface area (Å²) in [6.45, 7) is 1.65. The first-order chi connectivity index (χ1) is 10.6. The summed E-state index contributed by atoms with van der Waals surface area (Å²) in [7, 11) is 0. The van der Waals surface area contributed by atoms with E-state index in [9.17, 15) is 14.0 Å². The lowest BCUT2D eigenvalue weighted by Crippen LogP contribution is -2.47. The molecule has 0 aliphatic heterocycles. The van der Waals surface area contributed by atoms with Crippen LogP contribution in [-0.4, -0.2) is 11.9 Å². The molecular weight excluding hydrogens is 285 g/mol. The van der Waals surface area contributed by atoms with Gasteiger partial charge in [-0.05, 0) is 25.1 Å². The summed E-state index contributed by atoms with van der Waals surface area (Å²) in [5.41, 5.74) is 5.29. The van der Waals surface area contributed by atoms with Crippen LogP contribution in [0.25, 0.3) is 0 Å². The van der Waals surface area contributed by atoms with Gasteiger partial charge in [-0.25, -0.2) is 14.6 Å². The zero-order valence-electron chi connectivity index (χ0n) is 12.0. The van der Waals surface area contributed by atoms with Gasteiger partial charge in [-0.3, -0.25) is 10.2 Å². The highest BCUT2D eigenvalue weighted by Gasteiger charge is 2.13. The largest absolute Gasteiger partial charge is 0.333 e. The van der Waals surface area contributed by atoms with Crippen molar-refractivity contribution in [1.82, 2.24) is 16.2 Å². The van der Waals surface area contributed by atoms with E-state index in [1.165, 1.54) is 6.07 Å². The van der Waals surface area contributed by atoms with E-state index in [0.717, 1.165) is 0 Å². The van der Waals surface area contributed by atoms with Crippen molar-refractivity contribution in [2.24, 2.45) is 0 Å². The van der Waals surface area contributed by atoms with E-state index in [1.807, 2.05) is 0 Å². The SMILES string of the molecule is CC(NC(=O)NNC(=O)c1ccccc1)c1ccccc1F. The van der Waals surface area contributed by atoms with Crippen LogP contribution in [0, 0.1) is 5.82 Å². The van der Waals surface area contributed by atoms with E-state index >= 15 is 0 Å². The maximum Gasteiger partial charge on any atom is 0.333 e. The Kier molecular flexibility index (Phi) is 5.08. The van der Waals surface area contributed by atoms with Gasteiger partial charge >= 0.3 is 6.03 Å². The number of carbonyl (C=O) groups excluding carboxylic acids is 2. The third-order valence-electron chi connectivity index (χ3n) is 3.04. The molecule has 1 unspecified atom stereocenters. The molecule has 0 aliphatic carbocycles. The number of urea groups is 1. The predicted octanol–water partition coefficient (Wildman–Crippen LogP) is 2.53. The number of rotatable bonds is 3. The number of hydrogen-bond acceptors (Lipinski definition) is 2. The van der Waals surface area contributed by atoms with Crippen LogP contribution in [0.2, 0.25) is 0 Å². The van der Waals surface area contributed by atoms with Gasteiger partial charge in [0.05, 0.1) is 6.04 Å². The quantitative estimate of drug-likeness (QED) is 0.762. The molecule has 1 atom stereocenters. The molecule has 114 valence electrons. The van der Waals surface area contributed by atoms with Gasteiger partial charge in [-0.15, -0.1) is 0 Å². The van der Waals surface area contributed by atoms with Gasteiger partial charge in [-0.1, -0.05) is 36.4 Å². The zero-order valence-corrected chi connectivity index (χ0v) is 12.0. The Balaban J connectivity index is 1.86. The molecule has 5 nitrogen and oxygen atoms in total. The minimum atomic E-state index is -0.625. The molecule has 0 bridgehead atoms. The molecule has 0 spiro atoms. The Morgan fingerprint density at radius 2 is 1.59 bits per heavy atom. The molecule has 3 N–H and O–H groups in total. The van der Waals surface area contributed by atoms with E-state index in [2.05, 4.69) is 16.2 Å². The van der Waals surface area contributed by atoms with Crippen LogP contribution in [-0.2, 0) is 0 Å². The number of halogens is 1. The van der Waals surface area contributed by atoms with Gasteiger partial charge < -0.3 is 5.32 Å². The van der Waals surface area contributed by atoms with Crippen LogP contribution >= 0.6 is 0 Å². The Hall–Kier alpha value is -2.89. The summed E-state index contributed by atoms with van der Waals surface area (Å²) in [5, 5.41) is 2.54. The van der Waals surface area contributed by atoms with Gasteiger partial charge in [0.25, 0.3) is 5.91 Å². The Morgan fingerprint density at radius 3 is 2.27 bits per heavy atom. The van der Waals surface area contributed by atoms with Crippen LogP contribution in [0.3, 0.4) is 0 Å². The fraction of sp³-hybridized carbons (Fsp3) is 0.125. The Morgan fingerprint density at radius 1 is 0.955 bits per heavy atom. The lowest BCUT2D eigenvalue weighted by Gasteiger charge is -2.16. The minimum absolute atomic E-state index is 0.368. The maximum absolute atomic E-state index is 13.6. The van der Waals surface area contributed by atoms with Crippen LogP contribution in [0.4, 0.5) is 9.18 Å². The van der Waals surface area contributed by atoms with Crippen molar-refractivity contribution in [2.75, 3.05) is 0 Å². The summed E-state index contributed by atoms with van der Waals surface area (Å²) in [4.78, 5) is 23.5. The molecule has 0 radical (unpaired) electrons. The lowest BCUT2D eigenvalue weighted by atomic mass is 10.1. The monoisotopic (exact) mass is 301 g/mol. The lowest BCUT2D eigenvalue weighted by molar-refractivity contribution is 0.0936. The molecule has 22 heavy (non-hydrogen) atoms. The number of hydrazine groups is 1. The molecule has 2 aromatic rings. The number of hydrogen-bond donors (Lipinski definition) is 3. The average molecular weight is 301 g/mol. The number of amides is 3. The molecule has 6 heteroatoms. The second-order valence-electron chi connectivity index (χ2n) is 4.66. The molecule has 0 aliphatic rings. The van der Waals surface area contributed by atoms with Crippen molar-refractivity contribution in [1.29, 1.82) is 0 Å². The molecule has 0 saturated heterocycles. The van der Waals surface area contributed by atoms with Gasteiger partial charge in [0, 0.05) is 11.1 Å². The van der Waals surface area contributed by atoms with Crippen molar-refractivity contribution in [3.8, 4) is 0 Å². The standard InChI is InChI=1S/C16H16FN3O2/c1-11(13-9-5-6-10-14(13)17)18-16(22)20-19-15(21)12-7-3-2-4-8-12/h2-11H,1H3,(H,19,21)(H2,18,20,22). The van der Waals surface area contributed by atoms with Gasteiger partial charge in [0.2, 0.25) is 0 Å². The highest BCUT2D eigenvalue weighted by atomic mass is 19.1. The zero-order chi connectivity index (χ0) is 15.9. The molecule has 2 aromatic carbocycles. The normalized spacial score (nSPS) is 11.4. The summed E-state index contributed by atoms with van der Waals surface area (Å²) < 4.78 is 13.6. The van der Waals surface area contributed by atoms with E-state index in [0.29, 0.717) is 11.1 Å². The molecule has 0 fully saturated rings. The van der Waals surface area contributed by atoms with Crippen LogP contribution in [0.15, 0.2) is 54.6 Å². The Labute approximate surface area is 127 Å². The smallest absolute Gasteiger partial charge is 0.330 e. The topological polar surface area (TPSA) is 70.2 Å². The third-order valence-corrected chi connectivity index (χ3v) is 3.04. The summed E-state index contributed by atoms with van der Waals surface area (Å²) >= 11 is 0. The van der Waals surface area contributed by atoms with Crippen molar-refractivity contribution >= 4 is 11.9 Å². The van der Waals surface area contributed by atoms with Crippen molar-refractivity contribution in [2.45, 2.75) is 13.0 Å². The molecular formula is C16H16FN3O2. The molecule has 2 rings (SSSR count). The maximum atomic E-state index is 13.6. The second kappa shape index (κ2) is 7.21. The molecule has 0 saturated carbocycles. The van der Waals surface area contributed by atoms with E-state index in [4.69, 9.17) is 0 Å². The van der Waals surface area contributed by atoms with E-state index in [1.54, 1.807) is 55.5 Å². The Bertz CT molecular complexity index is 661. The fourth-order valence-corrected chi connectivity index (χ4v) is 1.91. The van der Waals surface area contributed by atoms with Crippen LogP contribution < -0.4 is 16.2 Å². The first-order valence-electron chi connectivity index (χ1n) is 6.74. The second-order valence-corrected chi connectivity index (χ2v) is 4.66. The number of carbonyl (C=O) groups is 2. The first kappa shape index (κ1) is 15.5. The van der Waals surface area contributed by atoms with Crippen LogP contribution in [0.5, 0.6) is 0 Å². The first-order valence-corrected chi connectivity index (χ1v) is 6.74. The highest BCUT2D eigenvalue weighted by Crippen LogP contribution is 2.15. The number of nitrogens with one attached hydrogen (secondary N) is 3. The van der Waals surface area contributed by atoms with E-state index < -0.39 is 23.8 Å². The van der Waals surface area contributed by atoms with Gasteiger partial charge in [-0.2, -0.15) is 0 Å². The summed E-state index contributed by atoms with van der Waals surface area (Å²) in [6.07, 6.45) is 0. The van der Waals surface area contributed by atoms with Gasteiger partial charge in [0.1, 0.15) is 5.82 Å². The molecule has 3 amide bonds. The average Bonchev–Trinajstić information content (AvgIpc) is 2.53. The van der Waals surface area contributed by atoms with Crippen molar-refractivity contribution < 1.29 is 14.0 Å². The molecule has 0 heterocycles. The van der Waals surface area contributed by atoms with Gasteiger partial charge in [0.15, 0.2) is 0 Å². The minimum Gasteiger partial charge on any atom is -0.330 e. The number of benzene rings is 2. The summed E-state index contributed by atoms with van der Waals surface area (Å²) in [5.74, 6) is -0.835. The van der Waals surface area contributed by atoms with Crippen molar-refractivity contribution in [3.63, 3.8) is 0 Å². The summed E-state index contributed by atoms with van der Waals surface area (Å²) in [6, 6.07) is 13.5.